The molecule has 1 heterocycles. The molecule has 0 saturated heterocycles. The monoisotopic (exact) mass is 477 g/mol. The maximum Gasteiger partial charge on any atom is 0.416 e. The Morgan fingerprint density at radius 1 is 1.12 bits per heavy atom. The number of carboxylic acid groups (broad SMARTS) is 1. The molecule has 0 amide bonds. The number of aliphatic carboxylic acids is 1. The van der Waals surface area contributed by atoms with Gasteiger partial charge in [-0.05, 0) is 67.2 Å². The third-order valence-electron chi connectivity index (χ3n) is 5.13. The first-order valence-electron chi connectivity index (χ1n) is 10.7. The summed E-state index contributed by atoms with van der Waals surface area (Å²) in [6.07, 6.45) is -3.05. The minimum absolute atomic E-state index is 0.313. The third-order valence-corrected chi connectivity index (χ3v) is 5.13. The van der Waals surface area contributed by atoms with Gasteiger partial charge < -0.3 is 19.3 Å². The van der Waals surface area contributed by atoms with Crippen LogP contribution in [0, 0.1) is 6.92 Å². The lowest BCUT2D eigenvalue weighted by molar-refractivity contribution is -0.152. The maximum absolute atomic E-state index is 12.9. The number of aryl methyl sites for hydroxylation is 2. The van der Waals surface area contributed by atoms with E-state index < -0.39 is 23.3 Å². The number of carbonyl (C=O) groups is 1. The summed E-state index contributed by atoms with van der Waals surface area (Å²) in [6, 6.07) is 12.2. The van der Waals surface area contributed by atoms with Crippen LogP contribution < -0.4 is 9.64 Å². The second kappa shape index (κ2) is 10.1. The molecule has 3 aromatic rings. The second-order valence-electron chi connectivity index (χ2n) is 8.40. The minimum Gasteiger partial charge on any atom is -0.478 e. The van der Waals surface area contributed by atoms with Gasteiger partial charge in [-0.1, -0.05) is 24.3 Å². The smallest absolute Gasteiger partial charge is 0.416 e. The van der Waals surface area contributed by atoms with Crippen molar-refractivity contribution in [2.45, 2.75) is 51.9 Å². The SMILES string of the molecule is Cc1nc(N(CCCc2cccc(OC(C)(C)C(=O)O)c2)Cc2ccc(C(F)(F)F)cc2)no1. The molecule has 182 valence electrons. The summed E-state index contributed by atoms with van der Waals surface area (Å²) in [5.41, 5.74) is -0.418. The molecule has 0 aliphatic heterocycles. The molecule has 0 aliphatic rings. The van der Waals surface area contributed by atoms with Gasteiger partial charge in [0, 0.05) is 20.0 Å². The third kappa shape index (κ3) is 6.72. The average Bonchev–Trinajstić information content (AvgIpc) is 3.19. The maximum atomic E-state index is 12.9. The predicted molar refractivity (Wildman–Crippen MR) is 119 cm³/mol. The van der Waals surface area contributed by atoms with Gasteiger partial charge in [-0.2, -0.15) is 18.2 Å². The number of hydrogen-bond donors (Lipinski definition) is 1. The molecule has 0 bridgehead atoms. The normalized spacial score (nSPS) is 11.9. The Bertz CT molecular complexity index is 1110. The zero-order chi connectivity index (χ0) is 24.9. The summed E-state index contributed by atoms with van der Waals surface area (Å²) in [5, 5.41) is 13.2. The molecule has 34 heavy (non-hydrogen) atoms. The number of halogens is 3. The number of hydrogen-bond acceptors (Lipinski definition) is 6. The molecule has 1 N–H and O–H groups in total. The Morgan fingerprint density at radius 3 is 2.41 bits per heavy atom. The van der Waals surface area contributed by atoms with Gasteiger partial charge in [-0.15, -0.1) is 0 Å². The van der Waals surface area contributed by atoms with Gasteiger partial charge in [-0.25, -0.2) is 4.79 Å². The minimum atomic E-state index is -4.39. The van der Waals surface area contributed by atoms with Crippen molar-refractivity contribution >= 4 is 11.9 Å². The molecular weight excluding hydrogens is 451 g/mol. The van der Waals surface area contributed by atoms with Crippen LogP contribution in [0.3, 0.4) is 0 Å². The van der Waals surface area contributed by atoms with E-state index in [9.17, 15) is 23.1 Å². The summed E-state index contributed by atoms with van der Waals surface area (Å²) in [7, 11) is 0. The highest BCUT2D eigenvalue weighted by atomic mass is 19.4. The van der Waals surface area contributed by atoms with Crippen molar-refractivity contribution in [2.24, 2.45) is 0 Å². The zero-order valence-electron chi connectivity index (χ0n) is 19.1. The molecule has 0 atom stereocenters. The quantitative estimate of drug-likeness (QED) is 0.425. The Morgan fingerprint density at radius 2 is 1.82 bits per heavy atom. The largest absolute Gasteiger partial charge is 0.478 e. The molecule has 0 fully saturated rings. The van der Waals surface area contributed by atoms with Crippen molar-refractivity contribution in [1.29, 1.82) is 0 Å². The highest BCUT2D eigenvalue weighted by Crippen LogP contribution is 2.29. The molecule has 3 rings (SSSR count). The molecular formula is C24H26F3N3O4. The summed E-state index contributed by atoms with van der Waals surface area (Å²) in [6.45, 7) is 5.46. The summed E-state index contributed by atoms with van der Waals surface area (Å²) in [4.78, 5) is 17.4. The van der Waals surface area contributed by atoms with E-state index in [4.69, 9.17) is 9.26 Å². The van der Waals surface area contributed by atoms with Crippen LogP contribution in [0.4, 0.5) is 19.1 Å². The topological polar surface area (TPSA) is 88.7 Å². The van der Waals surface area contributed by atoms with Gasteiger partial charge >= 0.3 is 12.1 Å². The van der Waals surface area contributed by atoms with E-state index >= 15 is 0 Å². The Labute approximate surface area is 195 Å². The first-order chi connectivity index (χ1) is 15.9. The lowest BCUT2D eigenvalue weighted by Gasteiger charge is -2.22. The number of alkyl halides is 3. The lowest BCUT2D eigenvalue weighted by atomic mass is 10.1. The van der Waals surface area contributed by atoms with Crippen LogP contribution in [0.1, 0.15) is 42.8 Å². The highest BCUT2D eigenvalue weighted by Gasteiger charge is 2.30. The van der Waals surface area contributed by atoms with E-state index in [1.807, 2.05) is 11.0 Å². The Balaban J connectivity index is 1.66. The van der Waals surface area contributed by atoms with Crippen molar-refractivity contribution in [3.8, 4) is 5.75 Å². The van der Waals surface area contributed by atoms with E-state index in [1.165, 1.54) is 26.0 Å². The van der Waals surface area contributed by atoms with Gasteiger partial charge in [-0.3, -0.25) is 0 Å². The predicted octanol–water partition coefficient (Wildman–Crippen LogP) is 5.28. The van der Waals surface area contributed by atoms with Crippen molar-refractivity contribution in [3.05, 3.63) is 71.1 Å². The molecule has 10 heteroatoms. The van der Waals surface area contributed by atoms with Crippen molar-refractivity contribution in [3.63, 3.8) is 0 Å². The molecule has 0 spiro atoms. The molecule has 7 nitrogen and oxygen atoms in total. The molecule has 0 saturated carbocycles. The number of anilines is 1. The van der Waals surface area contributed by atoms with E-state index in [1.54, 1.807) is 25.1 Å². The molecule has 2 aromatic carbocycles. The fourth-order valence-electron chi connectivity index (χ4n) is 3.26. The van der Waals surface area contributed by atoms with Gasteiger partial charge in [0.15, 0.2) is 5.60 Å². The first kappa shape index (κ1) is 25.1. The zero-order valence-corrected chi connectivity index (χ0v) is 19.1. The first-order valence-corrected chi connectivity index (χ1v) is 10.7. The van der Waals surface area contributed by atoms with Gasteiger partial charge in [0.1, 0.15) is 5.75 Å². The van der Waals surface area contributed by atoms with E-state index in [0.29, 0.717) is 49.1 Å². The van der Waals surface area contributed by atoms with Crippen LogP contribution in [0.15, 0.2) is 53.1 Å². The molecule has 0 radical (unpaired) electrons. The fourth-order valence-corrected chi connectivity index (χ4v) is 3.26. The fraction of sp³-hybridized carbons (Fsp3) is 0.375. The van der Waals surface area contributed by atoms with Crippen LogP contribution in [-0.2, 0) is 23.9 Å². The number of aromatic nitrogens is 2. The number of carboxylic acids is 1. The number of nitrogens with zero attached hydrogens (tertiary/aromatic N) is 3. The Kier molecular flexibility index (Phi) is 7.48. The lowest BCUT2D eigenvalue weighted by Crippen LogP contribution is -2.37. The van der Waals surface area contributed by atoms with E-state index in [0.717, 1.165) is 17.7 Å². The number of rotatable bonds is 10. The number of benzene rings is 2. The molecule has 1 aromatic heterocycles. The standard InChI is InChI=1S/C24H26F3N3O4/c1-16-28-22(29-34-16)30(15-18-9-11-19(12-10-18)24(25,26)27)13-5-7-17-6-4-8-20(14-17)33-23(2,3)21(31)32/h4,6,8-12,14H,5,7,13,15H2,1-3H3,(H,31,32). The van der Waals surface area contributed by atoms with Crippen LogP contribution in [-0.4, -0.2) is 33.4 Å². The highest BCUT2D eigenvalue weighted by molar-refractivity contribution is 5.76. The van der Waals surface area contributed by atoms with Crippen LogP contribution in [0.5, 0.6) is 5.75 Å². The van der Waals surface area contributed by atoms with Crippen LogP contribution in [0.25, 0.3) is 0 Å². The van der Waals surface area contributed by atoms with E-state index in [-0.39, 0.29) is 0 Å². The van der Waals surface area contributed by atoms with Gasteiger partial charge in [0.25, 0.3) is 5.95 Å². The summed E-state index contributed by atoms with van der Waals surface area (Å²) >= 11 is 0. The van der Waals surface area contributed by atoms with Crippen LogP contribution in [0.2, 0.25) is 0 Å². The Hall–Kier alpha value is -3.56. The summed E-state index contributed by atoms with van der Waals surface area (Å²) in [5.74, 6) is 0.142. The molecule has 0 aliphatic carbocycles. The molecule has 0 unspecified atom stereocenters. The number of ether oxygens (including phenoxy) is 1. The summed E-state index contributed by atoms with van der Waals surface area (Å²) < 4.78 is 49.2. The van der Waals surface area contributed by atoms with Gasteiger partial charge in [0.2, 0.25) is 5.89 Å². The average molecular weight is 477 g/mol. The van der Waals surface area contributed by atoms with Crippen molar-refractivity contribution < 1.29 is 32.3 Å². The second-order valence-corrected chi connectivity index (χ2v) is 8.40. The van der Waals surface area contributed by atoms with Gasteiger partial charge in [0.05, 0.1) is 5.56 Å². The van der Waals surface area contributed by atoms with Crippen LogP contribution >= 0.6 is 0 Å². The van der Waals surface area contributed by atoms with E-state index in [2.05, 4.69) is 10.1 Å². The van der Waals surface area contributed by atoms with Crippen molar-refractivity contribution in [2.75, 3.05) is 11.4 Å². The van der Waals surface area contributed by atoms with Crippen molar-refractivity contribution in [1.82, 2.24) is 10.1 Å².